The molecule has 0 aromatic carbocycles. The molecule has 2 aliphatic carbocycles. The predicted molar refractivity (Wildman–Crippen MR) is 142 cm³/mol. The van der Waals surface area contributed by atoms with Crippen molar-refractivity contribution in [3.05, 3.63) is 27.1 Å². The van der Waals surface area contributed by atoms with Gasteiger partial charge in [-0.25, -0.2) is 14.8 Å². The van der Waals surface area contributed by atoms with E-state index in [1.807, 2.05) is 11.7 Å². The number of anilines is 2. The third-order valence-electron chi connectivity index (χ3n) is 7.96. The Morgan fingerprint density at radius 2 is 2.03 bits per heavy atom. The van der Waals surface area contributed by atoms with E-state index in [2.05, 4.69) is 44.2 Å². The van der Waals surface area contributed by atoms with E-state index in [1.165, 1.54) is 44.9 Å². The molecule has 0 bridgehead atoms. The second kappa shape index (κ2) is 10.2. The summed E-state index contributed by atoms with van der Waals surface area (Å²) < 4.78 is 6.98. The van der Waals surface area contributed by atoms with E-state index in [9.17, 15) is 4.79 Å². The zero-order chi connectivity index (χ0) is 25.4. The lowest BCUT2D eigenvalue weighted by Crippen LogP contribution is -2.31. The van der Waals surface area contributed by atoms with Crippen molar-refractivity contribution in [2.24, 2.45) is 17.8 Å². The number of nitrogens with zero attached hydrogens (tertiary/aromatic N) is 6. The summed E-state index contributed by atoms with van der Waals surface area (Å²) in [5, 5.41) is 11.0. The van der Waals surface area contributed by atoms with Crippen molar-refractivity contribution < 1.29 is 4.52 Å². The minimum Gasteiger partial charge on any atom is -0.365 e. The molecule has 0 saturated heterocycles. The summed E-state index contributed by atoms with van der Waals surface area (Å²) >= 11 is 1.61. The van der Waals surface area contributed by atoms with Crippen LogP contribution in [0.3, 0.4) is 0 Å². The molecule has 2 aliphatic rings. The van der Waals surface area contributed by atoms with E-state index in [0.29, 0.717) is 29.8 Å². The molecule has 0 amide bonds. The molecule has 2 fully saturated rings. The molecule has 4 heterocycles. The van der Waals surface area contributed by atoms with Gasteiger partial charge in [-0.1, -0.05) is 31.3 Å². The molecule has 0 radical (unpaired) electrons. The van der Waals surface area contributed by atoms with Gasteiger partial charge in [0.1, 0.15) is 5.52 Å². The van der Waals surface area contributed by atoms with Gasteiger partial charge < -0.3 is 15.2 Å². The van der Waals surface area contributed by atoms with Crippen molar-refractivity contribution >= 4 is 34.3 Å². The zero-order valence-corrected chi connectivity index (χ0v) is 22.1. The molecule has 0 aliphatic heterocycles. The highest BCUT2D eigenvalue weighted by Crippen LogP contribution is 2.35. The van der Waals surface area contributed by atoms with Gasteiger partial charge in [-0.05, 0) is 50.4 Å². The molecule has 4 aromatic rings. The summed E-state index contributed by atoms with van der Waals surface area (Å²) in [6, 6.07) is 0.253. The van der Waals surface area contributed by atoms with Crippen molar-refractivity contribution in [3.8, 4) is 11.6 Å². The molecule has 12 heteroatoms. The van der Waals surface area contributed by atoms with Crippen LogP contribution in [0, 0.1) is 17.8 Å². The van der Waals surface area contributed by atoms with Crippen molar-refractivity contribution in [3.63, 3.8) is 0 Å². The van der Waals surface area contributed by atoms with Gasteiger partial charge in [0.15, 0.2) is 11.5 Å². The molecule has 4 aromatic heterocycles. The SMILES string of the molecule is C[C@@H](Nc1nc(-c2noc(=O)[nH]2)nc2nc(NCc3cncs3)n(C[C@H]3CC[C@H](C)CC3)c12)C1CCC1. The minimum atomic E-state index is -0.639. The highest BCUT2D eigenvalue weighted by atomic mass is 32.1. The third-order valence-corrected chi connectivity index (χ3v) is 8.74. The van der Waals surface area contributed by atoms with E-state index in [4.69, 9.17) is 19.5 Å². The van der Waals surface area contributed by atoms with Crippen molar-refractivity contribution in [1.82, 2.24) is 34.6 Å². The fourth-order valence-electron chi connectivity index (χ4n) is 5.42. The first kappa shape index (κ1) is 24.1. The Labute approximate surface area is 218 Å². The van der Waals surface area contributed by atoms with Crippen molar-refractivity contribution in [2.75, 3.05) is 10.6 Å². The number of H-pyrrole nitrogens is 1. The Kier molecular flexibility index (Phi) is 6.66. The molecule has 0 spiro atoms. The van der Waals surface area contributed by atoms with Gasteiger partial charge in [0.05, 0.1) is 12.1 Å². The van der Waals surface area contributed by atoms with Crippen molar-refractivity contribution in [1.29, 1.82) is 0 Å². The van der Waals surface area contributed by atoms with E-state index in [0.717, 1.165) is 28.8 Å². The summed E-state index contributed by atoms with van der Waals surface area (Å²) in [4.78, 5) is 34.0. The average Bonchev–Trinajstić information content (AvgIpc) is 3.58. The number of nitrogens with one attached hydrogen (secondary N) is 3. The molecule has 6 rings (SSSR count). The van der Waals surface area contributed by atoms with Crippen LogP contribution in [0.5, 0.6) is 0 Å². The highest BCUT2D eigenvalue weighted by Gasteiger charge is 2.28. The maximum atomic E-state index is 11.6. The molecule has 37 heavy (non-hydrogen) atoms. The lowest BCUT2D eigenvalue weighted by molar-refractivity contribution is 0.267. The molecule has 2 saturated carbocycles. The molecule has 1 atom stereocenters. The number of rotatable bonds is 9. The number of fused-ring (bicyclic) bond motifs is 1. The fourth-order valence-corrected chi connectivity index (χ4v) is 5.95. The van der Waals surface area contributed by atoms with E-state index >= 15 is 0 Å². The van der Waals surface area contributed by atoms with Gasteiger partial charge in [0.2, 0.25) is 17.6 Å². The maximum absolute atomic E-state index is 11.6. The number of thiazole rings is 1. The van der Waals surface area contributed by atoms with Crippen LogP contribution in [0.2, 0.25) is 0 Å². The average molecular weight is 524 g/mol. The summed E-state index contributed by atoms with van der Waals surface area (Å²) in [5.74, 6) is 3.29. The highest BCUT2D eigenvalue weighted by molar-refractivity contribution is 7.09. The Morgan fingerprint density at radius 1 is 1.19 bits per heavy atom. The largest absolute Gasteiger partial charge is 0.439 e. The first-order valence-electron chi connectivity index (χ1n) is 13.3. The fraction of sp³-hybridized carbons (Fsp3) is 0.600. The van der Waals surface area contributed by atoms with E-state index < -0.39 is 5.76 Å². The first-order valence-corrected chi connectivity index (χ1v) is 14.1. The van der Waals surface area contributed by atoms with E-state index in [1.54, 1.807) is 11.3 Å². The Bertz CT molecular complexity index is 1400. The molecular weight excluding hydrogens is 490 g/mol. The van der Waals surface area contributed by atoms with Crippen LogP contribution < -0.4 is 16.4 Å². The van der Waals surface area contributed by atoms with Gasteiger partial charge >= 0.3 is 5.76 Å². The van der Waals surface area contributed by atoms with Crippen LogP contribution in [-0.4, -0.2) is 40.7 Å². The third kappa shape index (κ3) is 5.11. The normalized spacial score (nSPS) is 21.1. The zero-order valence-electron chi connectivity index (χ0n) is 21.2. The quantitative estimate of drug-likeness (QED) is 0.286. The van der Waals surface area contributed by atoms with Crippen molar-refractivity contribution in [2.45, 2.75) is 77.9 Å². The van der Waals surface area contributed by atoms with Crippen LogP contribution in [-0.2, 0) is 13.1 Å². The predicted octanol–water partition coefficient (Wildman–Crippen LogP) is 4.67. The monoisotopic (exact) mass is 523 g/mol. The molecule has 11 nitrogen and oxygen atoms in total. The second-order valence-corrected chi connectivity index (χ2v) is 11.6. The maximum Gasteiger partial charge on any atom is 0.439 e. The van der Waals surface area contributed by atoms with Gasteiger partial charge in [-0.3, -0.25) is 14.5 Å². The summed E-state index contributed by atoms with van der Waals surface area (Å²) in [6.07, 6.45) is 10.5. The summed E-state index contributed by atoms with van der Waals surface area (Å²) in [7, 11) is 0. The van der Waals surface area contributed by atoms with Crippen LogP contribution in [0.25, 0.3) is 22.8 Å². The van der Waals surface area contributed by atoms with Crippen LogP contribution >= 0.6 is 11.3 Å². The molecular formula is C25H33N9O2S. The Balaban J connectivity index is 1.43. The Hall–Kier alpha value is -3.28. The van der Waals surface area contributed by atoms with E-state index in [-0.39, 0.29) is 17.7 Å². The van der Waals surface area contributed by atoms with Crippen LogP contribution in [0.1, 0.15) is 63.7 Å². The number of imidazole rings is 1. The summed E-state index contributed by atoms with van der Waals surface area (Å²) in [6.45, 7) is 6.04. The number of aromatic nitrogens is 7. The summed E-state index contributed by atoms with van der Waals surface area (Å²) in [5.41, 5.74) is 3.28. The van der Waals surface area contributed by atoms with Gasteiger partial charge in [-0.15, -0.1) is 11.3 Å². The first-order chi connectivity index (χ1) is 18.0. The number of hydrogen-bond acceptors (Lipinski definition) is 10. The molecule has 0 unspecified atom stereocenters. The number of aromatic amines is 1. The Morgan fingerprint density at radius 3 is 2.70 bits per heavy atom. The topological polar surface area (TPSA) is 139 Å². The minimum absolute atomic E-state index is 0.196. The van der Waals surface area contributed by atoms with Gasteiger partial charge in [-0.2, -0.15) is 4.98 Å². The second-order valence-electron chi connectivity index (χ2n) is 10.6. The smallest absolute Gasteiger partial charge is 0.365 e. The lowest BCUT2D eigenvalue weighted by Gasteiger charge is -2.32. The van der Waals surface area contributed by atoms with Gasteiger partial charge in [0.25, 0.3) is 0 Å². The molecule has 3 N–H and O–H groups in total. The molecule has 196 valence electrons. The van der Waals surface area contributed by atoms with Gasteiger partial charge in [0, 0.05) is 23.7 Å². The lowest BCUT2D eigenvalue weighted by atomic mass is 9.80. The van der Waals surface area contributed by atoms with Crippen LogP contribution in [0.15, 0.2) is 21.0 Å². The number of hydrogen-bond donors (Lipinski definition) is 3. The van der Waals surface area contributed by atoms with Crippen LogP contribution in [0.4, 0.5) is 11.8 Å². The standard InChI is InChI=1S/C25H33N9O2S/c1-14-6-8-16(9-7-14)12-34-19-20(28-15(2)17-4-3-5-17)29-22(23-32-25(35)36-33-23)30-21(19)31-24(34)27-11-18-10-26-13-37-18/h10,13-17H,3-9,11-12H2,1-2H3,(H,32,33,35)(H2,27,28,29,30,31)/t14-,15-,16-/m1/s1.